The van der Waals surface area contributed by atoms with Gasteiger partial charge in [-0.15, -0.1) is 0 Å². The third kappa shape index (κ3) is 4.48. The molecule has 0 aliphatic rings. The smallest absolute Gasteiger partial charge is 0.134 e. The number of benzene rings is 2. The van der Waals surface area contributed by atoms with Gasteiger partial charge in [-0.05, 0) is 65.3 Å². The van der Waals surface area contributed by atoms with E-state index in [9.17, 15) is 0 Å². The van der Waals surface area contributed by atoms with E-state index < -0.39 is 0 Å². The topological polar surface area (TPSA) is 30.5 Å². The lowest BCUT2D eigenvalue weighted by Crippen LogP contribution is -2.12. The van der Waals surface area contributed by atoms with Gasteiger partial charge in [0, 0.05) is 0 Å². The van der Waals surface area contributed by atoms with Gasteiger partial charge >= 0.3 is 0 Å². The summed E-state index contributed by atoms with van der Waals surface area (Å²) in [5.41, 5.74) is 2.53. The fourth-order valence-electron chi connectivity index (χ4n) is 2.08. The van der Waals surface area contributed by atoms with Gasteiger partial charge in [0.15, 0.2) is 0 Å². The van der Waals surface area contributed by atoms with E-state index in [1.165, 1.54) is 11.1 Å². The molecule has 0 unspecified atom stereocenters. The minimum Gasteiger partial charge on any atom is -0.497 e. The highest BCUT2D eigenvalue weighted by Crippen LogP contribution is 2.29. The number of hydrogen-bond donors (Lipinski definition) is 1. The molecule has 112 valence electrons. The quantitative estimate of drug-likeness (QED) is 0.824. The maximum atomic E-state index is 5.92. The Balaban J connectivity index is 2.06. The maximum absolute atomic E-state index is 5.92. The summed E-state index contributed by atoms with van der Waals surface area (Å²) in [4.78, 5) is 0. The van der Waals surface area contributed by atoms with Crippen LogP contribution in [-0.4, -0.2) is 20.7 Å². The monoisotopic (exact) mass is 349 g/mol. The number of methoxy groups -OCH3 is 1. The van der Waals surface area contributed by atoms with Crippen LogP contribution in [0.25, 0.3) is 0 Å². The van der Waals surface area contributed by atoms with Crippen molar-refractivity contribution in [3.63, 3.8) is 0 Å². The molecule has 0 saturated carbocycles. The Kier molecular flexibility index (Phi) is 6.08. The SMILES string of the molecule is CNCCc1ccccc1COc1ccc(OC)cc1Br. The molecule has 0 radical (unpaired) electrons. The first-order chi connectivity index (χ1) is 10.2. The second-order valence-corrected chi connectivity index (χ2v) is 5.56. The van der Waals surface area contributed by atoms with Crippen LogP contribution in [0.15, 0.2) is 46.9 Å². The van der Waals surface area contributed by atoms with E-state index in [1.54, 1.807) is 7.11 Å². The molecule has 0 saturated heterocycles. The van der Waals surface area contributed by atoms with Gasteiger partial charge in [-0.2, -0.15) is 0 Å². The number of nitrogens with one attached hydrogen (secondary N) is 1. The molecule has 0 spiro atoms. The highest BCUT2D eigenvalue weighted by molar-refractivity contribution is 9.10. The molecule has 4 heteroatoms. The van der Waals surface area contributed by atoms with Crippen LogP contribution in [0.1, 0.15) is 11.1 Å². The summed E-state index contributed by atoms with van der Waals surface area (Å²) >= 11 is 3.51. The Bertz CT molecular complexity index is 587. The molecule has 1 N–H and O–H groups in total. The minimum atomic E-state index is 0.560. The third-order valence-corrected chi connectivity index (χ3v) is 3.90. The molecule has 2 rings (SSSR count). The van der Waals surface area contributed by atoms with Crippen molar-refractivity contribution < 1.29 is 9.47 Å². The first-order valence-corrected chi connectivity index (χ1v) is 7.71. The van der Waals surface area contributed by atoms with Crippen molar-refractivity contribution in [1.29, 1.82) is 0 Å². The molecule has 3 nitrogen and oxygen atoms in total. The molecule has 0 fully saturated rings. The summed E-state index contributed by atoms with van der Waals surface area (Å²) < 4.78 is 12.0. The van der Waals surface area contributed by atoms with E-state index in [0.717, 1.165) is 28.9 Å². The van der Waals surface area contributed by atoms with Crippen LogP contribution >= 0.6 is 15.9 Å². The lowest BCUT2D eigenvalue weighted by atomic mass is 10.1. The van der Waals surface area contributed by atoms with Crippen LogP contribution in [0.2, 0.25) is 0 Å². The largest absolute Gasteiger partial charge is 0.497 e. The lowest BCUT2D eigenvalue weighted by Gasteiger charge is -2.12. The zero-order valence-corrected chi connectivity index (χ0v) is 13.9. The van der Waals surface area contributed by atoms with Gasteiger partial charge in [-0.1, -0.05) is 24.3 Å². The average Bonchev–Trinajstić information content (AvgIpc) is 2.52. The highest BCUT2D eigenvalue weighted by Gasteiger charge is 2.06. The molecule has 0 atom stereocenters. The van der Waals surface area contributed by atoms with Crippen LogP contribution in [0, 0.1) is 0 Å². The summed E-state index contributed by atoms with van der Waals surface area (Å²) in [5.74, 6) is 1.63. The zero-order valence-electron chi connectivity index (χ0n) is 12.4. The first kappa shape index (κ1) is 15.9. The molecule has 0 amide bonds. The van der Waals surface area contributed by atoms with E-state index in [0.29, 0.717) is 6.61 Å². The highest BCUT2D eigenvalue weighted by atomic mass is 79.9. The van der Waals surface area contributed by atoms with Crippen molar-refractivity contribution in [2.24, 2.45) is 0 Å². The fraction of sp³-hybridized carbons (Fsp3) is 0.294. The van der Waals surface area contributed by atoms with Gasteiger partial charge < -0.3 is 14.8 Å². The fourth-order valence-corrected chi connectivity index (χ4v) is 2.56. The molecular weight excluding hydrogens is 330 g/mol. The number of halogens is 1. The third-order valence-electron chi connectivity index (χ3n) is 3.28. The van der Waals surface area contributed by atoms with Crippen molar-refractivity contribution in [2.45, 2.75) is 13.0 Å². The molecular formula is C17H20BrNO2. The van der Waals surface area contributed by atoms with E-state index in [1.807, 2.05) is 31.3 Å². The van der Waals surface area contributed by atoms with Crippen molar-refractivity contribution in [1.82, 2.24) is 5.32 Å². The van der Waals surface area contributed by atoms with Crippen molar-refractivity contribution in [2.75, 3.05) is 20.7 Å². The van der Waals surface area contributed by atoms with E-state index in [-0.39, 0.29) is 0 Å². The summed E-state index contributed by atoms with van der Waals surface area (Å²) in [7, 11) is 3.62. The Labute approximate surface area is 134 Å². The Morgan fingerprint density at radius 3 is 2.52 bits per heavy atom. The summed E-state index contributed by atoms with van der Waals surface area (Å²) in [6.07, 6.45) is 1.000. The second-order valence-electron chi connectivity index (χ2n) is 4.71. The van der Waals surface area contributed by atoms with Crippen LogP contribution in [0.3, 0.4) is 0 Å². The average molecular weight is 350 g/mol. The zero-order chi connectivity index (χ0) is 15.1. The Morgan fingerprint density at radius 2 is 1.86 bits per heavy atom. The van der Waals surface area contributed by atoms with Gasteiger partial charge in [0.05, 0.1) is 11.6 Å². The van der Waals surface area contributed by atoms with Crippen LogP contribution in [-0.2, 0) is 13.0 Å². The molecule has 0 bridgehead atoms. The van der Waals surface area contributed by atoms with Gasteiger partial charge in [-0.25, -0.2) is 0 Å². The maximum Gasteiger partial charge on any atom is 0.134 e. The van der Waals surface area contributed by atoms with Crippen LogP contribution in [0.4, 0.5) is 0 Å². The molecule has 21 heavy (non-hydrogen) atoms. The van der Waals surface area contributed by atoms with Gasteiger partial charge in [0.25, 0.3) is 0 Å². The number of hydrogen-bond acceptors (Lipinski definition) is 3. The van der Waals surface area contributed by atoms with Crippen molar-refractivity contribution in [3.8, 4) is 11.5 Å². The first-order valence-electron chi connectivity index (χ1n) is 6.92. The summed E-state index contributed by atoms with van der Waals surface area (Å²) in [5, 5.41) is 3.18. The summed E-state index contributed by atoms with van der Waals surface area (Å²) in [6, 6.07) is 14.1. The predicted molar refractivity (Wildman–Crippen MR) is 89.1 cm³/mol. The molecule has 2 aromatic carbocycles. The van der Waals surface area contributed by atoms with Gasteiger partial charge in [0.1, 0.15) is 18.1 Å². The normalized spacial score (nSPS) is 10.4. The molecule has 0 heterocycles. The number of likely N-dealkylation sites (N-methyl/N-ethyl adjacent to an activating group) is 1. The summed E-state index contributed by atoms with van der Waals surface area (Å²) in [6.45, 7) is 1.52. The molecule has 0 aromatic heterocycles. The van der Waals surface area contributed by atoms with E-state index in [4.69, 9.17) is 9.47 Å². The number of rotatable bonds is 7. The van der Waals surface area contributed by atoms with Crippen molar-refractivity contribution in [3.05, 3.63) is 58.1 Å². The molecule has 0 aliphatic heterocycles. The second kappa shape index (κ2) is 8.05. The molecule has 2 aromatic rings. The van der Waals surface area contributed by atoms with Gasteiger partial charge in [-0.3, -0.25) is 0 Å². The number of ether oxygens (including phenoxy) is 2. The van der Waals surface area contributed by atoms with Gasteiger partial charge in [0.2, 0.25) is 0 Å². The Morgan fingerprint density at radius 1 is 1.10 bits per heavy atom. The lowest BCUT2D eigenvalue weighted by molar-refractivity contribution is 0.302. The van der Waals surface area contributed by atoms with E-state index in [2.05, 4.69) is 39.4 Å². The van der Waals surface area contributed by atoms with Crippen LogP contribution < -0.4 is 14.8 Å². The van der Waals surface area contributed by atoms with Crippen LogP contribution in [0.5, 0.6) is 11.5 Å². The predicted octanol–water partition coefficient (Wildman–Crippen LogP) is 3.80. The molecule has 0 aliphatic carbocycles. The standard InChI is InChI=1S/C17H20BrNO2/c1-19-10-9-13-5-3-4-6-14(13)12-21-17-8-7-15(20-2)11-16(17)18/h3-8,11,19H,9-10,12H2,1-2H3. The van der Waals surface area contributed by atoms with Crippen molar-refractivity contribution >= 4 is 15.9 Å². The van der Waals surface area contributed by atoms with E-state index >= 15 is 0 Å². The minimum absolute atomic E-state index is 0.560. The Hall–Kier alpha value is -1.52.